The van der Waals surface area contributed by atoms with Gasteiger partial charge >= 0.3 is 0 Å². The number of nitrogens with zero attached hydrogens (tertiary/aromatic N) is 1. The molecule has 0 saturated carbocycles. The second-order valence-corrected chi connectivity index (χ2v) is 5.88. The van der Waals surface area contributed by atoms with Crippen molar-refractivity contribution in [1.82, 2.24) is 9.88 Å². The zero-order chi connectivity index (χ0) is 13.0. The Hall–Kier alpha value is -1.06. The minimum atomic E-state index is 0.449. The topological polar surface area (TPSA) is 17.0 Å². The Morgan fingerprint density at radius 3 is 2.72 bits per heavy atom. The van der Waals surface area contributed by atoms with Gasteiger partial charge in [-0.15, -0.1) is 11.3 Å². The van der Waals surface area contributed by atoms with Gasteiger partial charge in [0.25, 0.3) is 0 Å². The number of thiophene rings is 1. The minimum Gasteiger partial charge on any atom is -0.351 e. The monoisotopic (exact) mass is 262 g/mol. The van der Waals surface area contributed by atoms with Crippen LogP contribution in [0.2, 0.25) is 0 Å². The highest BCUT2D eigenvalue weighted by Crippen LogP contribution is 2.26. The van der Waals surface area contributed by atoms with Crippen molar-refractivity contribution in [2.75, 3.05) is 0 Å². The van der Waals surface area contributed by atoms with E-state index in [4.69, 9.17) is 0 Å². The Morgan fingerprint density at radius 2 is 2.11 bits per heavy atom. The second-order valence-electron chi connectivity index (χ2n) is 4.90. The van der Waals surface area contributed by atoms with Crippen LogP contribution in [0.15, 0.2) is 35.8 Å². The van der Waals surface area contributed by atoms with E-state index in [1.54, 1.807) is 0 Å². The van der Waals surface area contributed by atoms with Crippen molar-refractivity contribution in [2.24, 2.45) is 5.92 Å². The van der Waals surface area contributed by atoms with Crippen molar-refractivity contribution >= 4 is 11.3 Å². The maximum atomic E-state index is 3.69. The van der Waals surface area contributed by atoms with E-state index in [9.17, 15) is 0 Å². The standard InChI is InChI=1S/C15H22N2S/c1-4-17-9-5-7-13(17)11-16-15(12(2)3)14-8-6-10-18-14/h5-10,12,15-16H,4,11H2,1-3H3. The molecule has 1 N–H and O–H groups in total. The molecule has 0 spiro atoms. The van der Waals surface area contributed by atoms with E-state index in [1.807, 2.05) is 11.3 Å². The van der Waals surface area contributed by atoms with Crippen LogP contribution < -0.4 is 5.32 Å². The molecule has 1 atom stereocenters. The number of aryl methyl sites for hydroxylation is 1. The second kappa shape index (κ2) is 6.21. The molecule has 2 aromatic rings. The Labute approximate surface area is 114 Å². The zero-order valence-corrected chi connectivity index (χ0v) is 12.2. The first-order valence-electron chi connectivity index (χ1n) is 6.63. The summed E-state index contributed by atoms with van der Waals surface area (Å²) in [6, 6.07) is 9.12. The molecule has 0 bridgehead atoms. The molecule has 2 aromatic heterocycles. The quantitative estimate of drug-likeness (QED) is 0.831. The van der Waals surface area contributed by atoms with Crippen LogP contribution in [0.4, 0.5) is 0 Å². The van der Waals surface area contributed by atoms with Gasteiger partial charge in [-0.1, -0.05) is 19.9 Å². The lowest BCUT2D eigenvalue weighted by atomic mass is 10.0. The zero-order valence-electron chi connectivity index (χ0n) is 11.4. The first-order chi connectivity index (χ1) is 8.72. The summed E-state index contributed by atoms with van der Waals surface area (Å²) < 4.78 is 2.29. The predicted octanol–water partition coefficient (Wildman–Crippen LogP) is 4.06. The van der Waals surface area contributed by atoms with Gasteiger partial charge < -0.3 is 9.88 Å². The van der Waals surface area contributed by atoms with E-state index < -0.39 is 0 Å². The normalized spacial score (nSPS) is 13.1. The van der Waals surface area contributed by atoms with Crippen LogP contribution in [0.1, 0.15) is 37.4 Å². The van der Waals surface area contributed by atoms with Crippen molar-refractivity contribution in [3.05, 3.63) is 46.4 Å². The van der Waals surface area contributed by atoms with E-state index in [1.165, 1.54) is 10.6 Å². The number of hydrogen-bond donors (Lipinski definition) is 1. The lowest BCUT2D eigenvalue weighted by Crippen LogP contribution is -2.25. The number of aromatic nitrogens is 1. The van der Waals surface area contributed by atoms with E-state index in [0.29, 0.717) is 12.0 Å². The van der Waals surface area contributed by atoms with Crippen molar-refractivity contribution in [1.29, 1.82) is 0 Å². The first kappa shape index (κ1) is 13.4. The molecule has 0 radical (unpaired) electrons. The summed E-state index contributed by atoms with van der Waals surface area (Å²) in [4.78, 5) is 1.43. The molecule has 0 fully saturated rings. The lowest BCUT2D eigenvalue weighted by molar-refractivity contribution is 0.410. The lowest BCUT2D eigenvalue weighted by Gasteiger charge is -2.21. The molecule has 98 valence electrons. The van der Waals surface area contributed by atoms with E-state index in [2.05, 4.69) is 66.5 Å². The maximum Gasteiger partial charge on any atom is 0.0441 e. The van der Waals surface area contributed by atoms with Crippen LogP contribution in [-0.4, -0.2) is 4.57 Å². The van der Waals surface area contributed by atoms with Crippen LogP contribution in [-0.2, 0) is 13.1 Å². The van der Waals surface area contributed by atoms with E-state index in [0.717, 1.165) is 13.1 Å². The molecule has 0 aliphatic heterocycles. The van der Waals surface area contributed by atoms with Gasteiger partial charge in [0, 0.05) is 35.9 Å². The summed E-state index contributed by atoms with van der Waals surface area (Å²) >= 11 is 1.84. The van der Waals surface area contributed by atoms with Crippen molar-refractivity contribution in [3.63, 3.8) is 0 Å². The molecule has 0 aliphatic rings. The highest BCUT2D eigenvalue weighted by atomic mass is 32.1. The van der Waals surface area contributed by atoms with Gasteiger partial charge in [0.05, 0.1) is 0 Å². The smallest absolute Gasteiger partial charge is 0.0441 e. The van der Waals surface area contributed by atoms with Gasteiger partial charge in [-0.25, -0.2) is 0 Å². The summed E-state index contributed by atoms with van der Waals surface area (Å²) in [5.41, 5.74) is 1.36. The molecular formula is C15H22N2S. The summed E-state index contributed by atoms with van der Waals surface area (Å²) in [7, 11) is 0. The Balaban J connectivity index is 2.03. The summed E-state index contributed by atoms with van der Waals surface area (Å²) in [6.07, 6.45) is 2.15. The largest absolute Gasteiger partial charge is 0.351 e. The average Bonchev–Trinajstić information content (AvgIpc) is 2.99. The molecule has 0 saturated heterocycles. The van der Waals surface area contributed by atoms with E-state index in [-0.39, 0.29) is 0 Å². The number of hydrogen-bond acceptors (Lipinski definition) is 2. The third-order valence-corrected chi connectivity index (χ3v) is 4.24. The van der Waals surface area contributed by atoms with Crippen LogP contribution in [0, 0.1) is 5.92 Å². The molecule has 0 amide bonds. The summed E-state index contributed by atoms with van der Waals surface area (Å²) in [5, 5.41) is 5.84. The number of rotatable bonds is 6. The molecule has 3 heteroatoms. The highest BCUT2D eigenvalue weighted by molar-refractivity contribution is 7.10. The molecule has 0 aliphatic carbocycles. The maximum absolute atomic E-state index is 3.69. The fraction of sp³-hybridized carbons (Fsp3) is 0.467. The van der Waals surface area contributed by atoms with Crippen LogP contribution in [0.3, 0.4) is 0 Å². The van der Waals surface area contributed by atoms with Crippen LogP contribution in [0.25, 0.3) is 0 Å². The Morgan fingerprint density at radius 1 is 1.28 bits per heavy atom. The molecule has 0 aromatic carbocycles. The van der Waals surface area contributed by atoms with Crippen molar-refractivity contribution in [3.8, 4) is 0 Å². The SMILES string of the molecule is CCn1cccc1CNC(c1cccs1)C(C)C. The van der Waals surface area contributed by atoms with Gasteiger partial charge in [0.1, 0.15) is 0 Å². The first-order valence-corrected chi connectivity index (χ1v) is 7.51. The highest BCUT2D eigenvalue weighted by Gasteiger charge is 2.16. The van der Waals surface area contributed by atoms with Gasteiger partial charge in [0.2, 0.25) is 0 Å². The Kier molecular flexibility index (Phi) is 4.61. The summed E-state index contributed by atoms with van der Waals surface area (Å²) in [6.45, 7) is 8.70. The molecule has 2 rings (SSSR count). The minimum absolute atomic E-state index is 0.449. The molecule has 2 heterocycles. The predicted molar refractivity (Wildman–Crippen MR) is 78.8 cm³/mol. The molecule has 18 heavy (non-hydrogen) atoms. The third kappa shape index (κ3) is 3.03. The molecule has 2 nitrogen and oxygen atoms in total. The van der Waals surface area contributed by atoms with Gasteiger partial charge in [-0.05, 0) is 36.4 Å². The fourth-order valence-corrected chi connectivity index (χ4v) is 3.24. The van der Waals surface area contributed by atoms with Crippen molar-refractivity contribution < 1.29 is 0 Å². The van der Waals surface area contributed by atoms with E-state index >= 15 is 0 Å². The Bertz CT molecular complexity index is 457. The molecular weight excluding hydrogens is 240 g/mol. The van der Waals surface area contributed by atoms with Gasteiger partial charge in [0.15, 0.2) is 0 Å². The fourth-order valence-electron chi connectivity index (χ4n) is 2.27. The third-order valence-electron chi connectivity index (χ3n) is 3.28. The van der Waals surface area contributed by atoms with Crippen LogP contribution in [0.5, 0.6) is 0 Å². The number of nitrogens with one attached hydrogen (secondary N) is 1. The van der Waals surface area contributed by atoms with Crippen molar-refractivity contribution in [2.45, 2.75) is 39.9 Å². The molecule has 1 unspecified atom stereocenters. The van der Waals surface area contributed by atoms with Gasteiger partial charge in [-0.2, -0.15) is 0 Å². The van der Waals surface area contributed by atoms with Crippen LogP contribution >= 0.6 is 11.3 Å². The van der Waals surface area contributed by atoms with Gasteiger partial charge in [-0.3, -0.25) is 0 Å². The average molecular weight is 262 g/mol. The summed E-state index contributed by atoms with van der Waals surface area (Å²) in [5.74, 6) is 0.605.